The number of nitrogens with zero attached hydrogens (tertiary/aromatic N) is 5. The largest absolute Gasteiger partial charge is 0.340 e. The summed E-state index contributed by atoms with van der Waals surface area (Å²) in [5.41, 5.74) is 1.12. The lowest BCUT2D eigenvalue weighted by Crippen LogP contribution is -2.44. The maximum absolute atomic E-state index is 12.5. The monoisotopic (exact) mass is 314 g/mol. The Labute approximate surface area is 136 Å². The molecule has 1 unspecified atom stereocenters. The zero-order valence-electron chi connectivity index (χ0n) is 13.2. The van der Waals surface area contributed by atoms with Crippen LogP contribution in [0.1, 0.15) is 37.3 Å². The van der Waals surface area contributed by atoms with Gasteiger partial charge in [-0.3, -0.25) is 14.8 Å². The second kappa shape index (κ2) is 8.92. The van der Waals surface area contributed by atoms with Gasteiger partial charge in [0.05, 0.1) is 31.5 Å². The Morgan fingerprint density at radius 2 is 2.13 bits per heavy atom. The number of piperidine rings is 1. The van der Waals surface area contributed by atoms with Crippen molar-refractivity contribution in [2.24, 2.45) is 0 Å². The average molecular weight is 314 g/mol. The number of likely N-dealkylation sites (tertiary alicyclic amines) is 1. The van der Waals surface area contributed by atoms with Crippen molar-refractivity contribution < 1.29 is 4.79 Å². The number of aromatic amines is 1. The second-order valence-electron chi connectivity index (χ2n) is 5.78. The number of H-pyrrole nitrogens is 1. The van der Waals surface area contributed by atoms with Crippen LogP contribution in [0.25, 0.3) is 0 Å². The molecule has 7 nitrogen and oxygen atoms in total. The predicted molar refractivity (Wildman–Crippen MR) is 84.0 cm³/mol. The van der Waals surface area contributed by atoms with Crippen molar-refractivity contribution >= 4 is 5.91 Å². The summed E-state index contributed by atoms with van der Waals surface area (Å²) in [4.78, 5) is 16.2. The minimum Gasteiger partial charge on any atom is -0.340 e. The van der Waals surface area contributed by atoms with Crippen LogP contribution >= 0.6 is 0 Å². The van der Waals surface area contributed by atoms with Crippen molar-refractivity contribution in [1.82, 2.24) is 20.0 Å². The van der Waals surface area contributed by atoms with Crippen molar-refractivity contribution in [3.63, 3.8) is 0 Å². The van der Waals surface area contributed by atoms with Gasteiger partial charge >= 0.3 is 0 Å². The van der Waals surface area contributed by atoms with E-state index in [0.29, 0.717) is 38.4 Å². The highest BCUT2D eigenvalue weighted by Gasteiger charge is 2.25. The van der Waals surface area contributed by atoms with Crippen molar-refractivity contribution in [1.29, 1.82) is 10.5 Å². The highest BCUT2D eigenvalue weighted by Crippen LogP contribution is 2.25. The number of hydrogen-bond donors (Lipinski definition) is 1. The molecule has 7 heteroatoms. The summed E-state index contributed by atoms with van der Waals surface area (Å²) in [5.74, 6) is 0.381. The van der Waals surface area contributed by atoms with Gasteiger partial charge in [-0.2, -0.15) is 15.6 Å². The molecular formula is C16H22N6O. The van der Waals surface area contributed by atoms with E-state index in [2.05, 4.69) is 27.2 Å². The van der Waals surface area contributed by atoms with Crippen LogP contribution in [0.5, 0.6) is 0 Å². The topological polar surface area (TPSA) is 99.8 Å². The molecule has 23 heavy (non-hydrogen) atoms. The van der Waals surface area contributed by atoms with E-state index < -0.39 is 0 Å². The number of rotatable bonds is 7. The molecule has 1 N–H and O–H groups in total. The Balaban J connectivity index is 1.89. The molecule has 1 fully saturated rings. The minimum absolute atomic E-state index is 0.000704. The first-order valence-corrected chi connectivity index (χ1v) is 7.98. The van der Waals surface area contributed by atoms with Crippen LogP contribution in [0.4, 0.5) is 0 Å². The standard InChI is InChI=1S/C16H22N6O/c17-6-2-10-22(11-3-7-18)16(23)13-21-9-1-4-14(12-21)15-5-8-19-20-15/h5,8,14H,1-4,9-13H2,(H,19,20). The zero-order chi connectivity index (χ0) is 16.5. The molecule has 2 rings (SSSR count). The summed E-state index contributed by atoms with van der Waals surface area (Å²) in [6, 6.07) is 6.10. The molecular weight excluding hydrogens is 292 g/mol. The van der Waals surface area contributed by atoms with E-state index in [1.165, 1.54) is 0 Å². The molecule has 2 heterocycles. The van der Waals surface area contributed by atoms with Gasteiger partial charge in [-0.25, -0.2) is 0 Å². The molecule has 1 saturated heterocycles. The summed E-state index contributed by atoms with van der Waals surface area (Å²) in [6.45, 7) is 2.88. The Hall–Kier alpha value is -2.38. The van der Waals surface area contributed by atoms with Crippen molar-refractivity contribution in [2.75, 3.05) is 32.7 Å². The third kappa shape index (κ3) is 5.08. The molecule has 0 aromatic carbocycles. The van der Waals surface area contributed by atoms with E-state index >= 15 is 0 Å². The summed E-state index contributed by atoms with van der Waals surface area (Å²) in [5, 5.41) is 24.4. The third-order valence-corrected chi connectivity index (χ3v) is 4.17. The summed E-state index contributed by atoms with van der Waals surface area (Å²) < 4.78 is 0. The number of nitriles is 2. The van der Waals surface area contributed by atoms with E-state index in [-0.39, 0.29) is 5.91 Å². The van der Waals surface area contributed by atoms with Gasteiger partial charge in [-0.05, 0) is 25.5 Å². The normalized spacial score (nSPS) is 18.1. The van der Waals surface area contributed by atoms with Crippen LogP contribution in [-0.2, 0) is 4.79 Å². The molecule has 0 radical (unpaired) electrons. The van der Waals surface area contributed by atoms with E-state index in [1.54, 1.807) is 11.1 Å². The first-order chi connectivity index (χ1) is 11.2. The van der Waals surface area contributed by atoms with Gasteiger partial charge in [-0.1, -0.05) is 0 Å². The fourth-order valence-electron chi connectivity index (χ4n) is 2.97. The van der Waals surface area contributed by atoms with Crippen molar-refractivity contribution in [3.8, 4) is 12.1 Å². The molecule has 0 saturated carbocycles. The number of amides is 1. The highest BCUT2D eigenvalue weighted by molar-refractivity contribution is 5.78. The Bertz CT molecular complexity index is 552. The molecule has 1 atom stereocenters. The first kappa shape index (κ1) is 17.0. The van der Waals surface area contributed by atoms with E-state index in [9.17, 15) is 4.79 Å². The van der Waals surface area contributed by atoms with Gasteiger partial charge in [0.1, 0.15) is 0 Å². The van der Waals surface area contributed by atoms with E-state index in [1.807, 2.05) is 6.07 Å². The molecule has 1 aromatic rings. The van der Waals surface area contributed by atoms with Crippen molar-refractivity contribution in [2.45, 2.75) is 31.6 Å². The molecule has 0 bridgehead atoms. The smallest absolute Gasteiger partial charge is 0.236 e. The molecule has 1 aliphatic rings. The molecule has 122 valence electrons. The fourth-order valence-corrected chi connectivity index (χ4v) is 2.97. The number of carbonyl (C=O) groups excluding carboxylic acids is 1. The van der Waals surface area contributed by atoms with Gasteiger partial charge in [0.2, 0.25) is 5.91 Å². The van der Waals surface area contributed by atoms with Crippen LogP contribution in [0.15, 0.2) is 12.3 Å². The van der Waals surface area contributed by atoms with E-state index in [0.717, 1.165) is 31.6 Å². The minimum atomic E-state index is 0.000704. The molecule has 0 spiro atoms. The summed E-state index contributed by atoms with van der Waals surface area (Å²) >= 11 is 0. The van der Waals surface area contributed by atoms with Crippen LogP contribution in [0, 0.1) is 22.7 Å². The lowest BCUT2D eigenvalue weighted by atomic mass is 9.95. The predicted octanol–water partition coefficient (Wildman–Crippen LogP) is 1.25. The number of hydrogen-bond acceptors (Lipinski definition) is 5. The Morgan fingerprint density at radius 1 is 1.39 bits per heavy atom. The molecule has 1 aliphatic heterocycles. The fraction of sp³-hybridized carbons (Fsp3) is 0.625. The van der Waals surface area contributed by atoms with Gasteiger partial charge in [0.25, 0.3) is 0 Å². The van der Waals surface area contributed by atoms with Crippen LogP contribution in [0.2, 0.25) is 0 Å². The Kier molecular flexibility index (Phi) is 6.58. The third-order valence-electron chi connectivity index (χ3n) is 4.17. The number of carbonyl (C=O) groups is 1. The van der Waals surface area contributed by atoms with Gasteiger partial charge in [-0.15, -0.1) is 0 Å². The quantitative estimate of drug-likeness (QED) is 0.816. The molecule has 1 aromatic heterocycles. The van der Waals surface area contributed by atoms with Gasteiger partial charge < -0.3 is 4.90 Å². The molecule has 1 amide bonds. The van der Waals surface area contributed by atoms with Crippen LogP contribution in [0.3, 0.4) is 0 Å². The number of aromatic nitrogens is 2. The first-order valence-electron chi connectivity index (χ1n) is 7.98. The summed E-state index contributed by atoms with van der Waals surface area (Å²) in [7, 11) is 0. The number of nitrogens with one attached hydrogen (secondary N) is 1. The maximum Gasteiger partial charge on any atom is 0.236 e. The average Bonchev–Trinajstić information content (AvgIpc) is 3.09. The van der Waals surface area contributed by atoms with Gasteiger partial charge in [0, 0.05) is 37.4 Å². The lowest BCUT2D eigenvalue weighted by Gasteiger charge is -2.33. The maximum atomic E-state index is 12.5. The Morgan fingerprint density at radius 3 is 2.74 bits per heavy atom. The van der Waals surface area contributed by atoms with E-state index in [4.69, 9.17) is 10.5 Å². The van der Waals surface area contributed by atoms with Crippen molar-refractivity contribution in [3.05, 3.63) is 18.0 Å². The lowest BCUT2D eigenvalue weighted by molar-refractivity contribution is -0.132. The SMILES string of the molecule is N#CCCN(CCC#N)C(=O)CN1CCCC(c2ccn[nH]2)C1. The highest BCUT2D eigenvalue weighted by atomic mass is 16.2. The van der Waals surface area contributed by atoms with Crippen LogP contribution < -0.4 is 0 Å². The zero-order valence-corrected chi connectivity index (χ0v) is 13.2. The van der Waals surface area contributed by atoms with Gasteiger partial charge in [0.15, 0.2) is 0 Å². The molecule has 0 aliphatic carbocycles. The second-order valence-corrected chi connectivity index (χ2v) is 5.78. The summed E-state index contributed by atoms with van der Waals surface area (Å²) in [6.07, 6.45) is 4.50. The van der Waals surface area contributed by atoms with Crippen LogP contribution in [-0.4, -0.2) is 58.6 Å².